The summed E-state index contributed by atoms with van der Waals surface area (Å²) in [4.78, 5) is 17.0. The molecule has 0 radical (unpaired) electrons. The normalized spacial score (nSPS) is 16.2. The predicted molar refractivity (Wildman–Crippen MR) is 125 cm³/mol. The van der Waals surface area contributed by atoms with Crippen molar-refractivity contribution in [3.63, 3.8) is 0 Å². The molecule has 1 aromatic heterocycles. The Morgan fingerprint density at radius 1 is 1.26 bits per heavy atom. The summed E-state index contributed by atoms with van der Waals surface area (Å²) in [6.07, 6.45) is 1.86. The molecule has 168 valence electrons. The quantitative estimate of drug-likeness (QED) is 0.298. The SMILES string of the molecule is CN=C(NCCCNC(=O)c1cccs1)NCc1ccc(C)cc1OCC1CCOC1. The van der Waals surface area contributed by atoms with Gasteiger partial charge in [0.1, 0.15) is 5.75 Å². The molecule has 7 nitrogen and oxygen atoms in total. The van der Waals surface area contributed by atoms with Crippen LogP contribution in [0.1, 0.15) is 33.6 Å². The van der Waals surface area contributed by atoms with E-state index in [1.165, 1.54) is 16.9 Å². The van der Waals surface area contributed by atoms with Gasteiger partial charge in [-0.05, 0) is 42.8 Å². The molecule has 0 bridgehead atoms. The van der Waals surface area contributed by atoms with Gasteiger partial charge < -0.3 is 25.4 Å². The Labute approximate surface area is 188 Å². The van der Waals surface area contributed by atoms with Gasteiger partial charge in [0, 0.05) is 44.8 Å². The molecule has 1 atom stereocenters. The molecule has 1 unspecified atom stereocenters. The van der Waals surface area contributed by atoms with E-state index in [4.69, 9.17) is 9.47 Å². The molecule has 1 aromatic carbocycles. The van der Waals surface area contributed by atoms with E-state index in [0.717, 1.165) is 48.2 Å². The molecule has 2 aromatic rings. The van der Waals surface area contributed by atoms with Crippen LogP contribution in [0.5, 0.6) is 5.75 Å². The van der Waals surface area contributed by atoms with Crippen molar-refractivity contribution in [3.05, 3.63) is 51.7 Å². The molecule has 2 heterocycles. The van der Waals surface area contributed by atoms with Crippen molar-refractivity contribution in [2.75, 3.05) is 40.0 Å². The first-order valence-electron chi connectivity index (χ1n) is 10.7. The number of aryl methyl sites for hydroxylation is 1. The maximum Gasteiger partial charge on any atom is 0.261 e. The molecular weight excluding hydrogens is 412 g/mol. The molecular formula is C23H32N4O3S. The number of amides is 1. The van der Waals surface area contributed by atoms with E-state index < -0.39 is 0 Å². The Bertz CT molecular complexity index is 849. The molecule has 1 amide bonds. The van der Waals surface area contributed by atoms with Crippen molar-refractivity contribution in [3.8, 4) is 5.75 Å². The van der Waals surface area contributed by atoms with Gasteiger partial charge in [-0.1, -0.05) is 18.2 Å². The van der Waals surface area contributed by atoms with Crippen LogP contribution in [0.4, 0.5) is 0 Å². The van der Waals surface area contributed by atoms with Crippen LogP contribution in [0.15, 0.2) is 40.7 Å². The summed E-state index contributed by atoms with van der Waals surface area (Å²) >= 11 is 1.45. The second-order valence-electron chi connectivity index (χ2n) is 7.59. The van der Waals surface area contributed by atoms with E-state index in [-0.39, 0.29) is 5.91 Å². The Balaban J connectivity index is 1.39. The molecule has 1 aliphatic rings. The summed E-state index contributed by atoms with van der Waals surface area (Å²) in [6.45, 7) is 6.30. The molecule has 0 saturated carbocycles. The van der Waals surface area contributed by atoms with Gasteiger partial charge in [-0.25, -0.2) is 0 Å². The second kappa shape index (κ2) is 12.3. The number of carbonyl (C=O) groups excluding carboxylic acids is 1. The summed E-state index contributed by atoms with van der Waals surface area (Å²) in [5.74, 6) is 2.08. The number of benzene rings is 1. The second-order valence-corrected chi connectivity index (χ2v) is 8.54. The molecule has 1 fully saturated rings. The van der Waals surface area contributed by atoms with Gasteiger partial charge >= 0.3 is 0 Å². The molecule has 3 N–H and O–H groups in total. The minimum absolute atomic E-state index is 0.0198. The van der Waals surface area contributed by atoms with Crippen LogP contribution in [-0.4, -0.2) is 51.8 Å². The molecule has 0 aliphatic carbocycles. The fourth-order valence-electron chi connectivity index (χ4n) is 3.26. The van der Waals surface area contributed by atoms with Crippen LogP contribution in [-0.2, 0) is 11.3 Å². The van der Waals surface area contributed by atoms with Crippen molar-refractivity contribution in [1.29, 1.82) is 0 Å². The van der Waals surface area contributed by atoms with Crippen LogP contribution in [0.25, 0.3) is 0 Å². The topological polar surface area (TPSA) is 84.0 Å². The first-order valence-corrected chi connectivity index (χ1v) is 11.6. The molecule has 1 saturated heterocycles. The number of ether oxygens (including phenoxy) is 2. The molecule has 1 aliphatic heterocycles. The number of aliphatic imine (C=N–C) groups is 1. The number of hydrogen-bond donors (Lipinski definition) is 3. The van der Waals surface area contributed by atoms with E-state index in [2.05, 4.69) is 46.1 Å². The lowest BCUT2D eigenvalue weighted by atomic mass is 10.1. The van der Waals surface area contributed by atoms with Gasteiger partial charge in [0.2, 0.25) is 0 Å². The van der Waals surface area contributed by atoms with Crippen molar-refractivity contribution in [2.45, 2.75) is 26.3 Å². The van der Waals surface area contributed by atoms with Crippen molar-refractivity contribution >= 4 is 23.2 Å². The average Bonchev–Trinajstić information content (AvgIpc) is 3.49. The zero-order valence-corrected chi connectivity index (χ0v) is 19.1. The van der Waals surface area contributed by atoms with Crippen LogP contribution >= 0.6 is 11.3 Å². The smallest absolute Gasteiger partial charge is 0.261 e. The minimum atomic E-state index is -0.0198. The molecule has 3 rings (SSSR count). The number of carbonyl (C=O) groups is 1. The van der Waals surface area contributed by atoms with Gasteiger partial charge in [0.15, 0.2) is 5.96 Å². The average molecular weight is 445 g/mol. The zero-order chi connectivity index (χ0) is 21.9. The largest absolute Gasteiger partial charge is 0.493 e. The number of nitrogens with zero attached hydrogens (tertiary/aromatic N) is 1. The zero-order valence-electron chi connectivity index (χ0n) is 18.3. The standard InChI is InChI=1S/C23H32N4O3S/c1-17-6-7-19(20(13-17)30-16-18-8-11-29-15-18)14-27-23(24-2)26-10-4-9-25-22(28)21-5-3-12-31-21/h3,5-7,12-13,18H,4,8-11,14-16H2,1-2H3,(H,25,28)(H2,24,26,27). The van der Waals surface area contributed by atoms with E-state index in [9.17, 15) is 4.79 Å². The summed E-state index contributed by atoms with van der Waals surface area (Å²) in [7, 11) is 1.75. The minimum Gasteiger partial charge on any atom is -0.493 e. The first-order chi connectivity index (χ1) is 15.2. The summed E-state index contributed by atoms with van der Waals surface area (Å²) in [5, 5.41) is 11.5. The van der Waals surface area contributed by atoms with Crippen molar-refractivity contribution in [1.82, 2.24) is 16.0 Å². The van der Waals surface area contributed by atoms with Crippen LogP contribution in [0.2, 0.25) is 0 Å². The van der Waals surface area contributed by atoms with Gasteiger partial charge in [0.05, 0.1) is 18.1 Å². The van der Waals surface area contributed by atoms with E-state index >= 15 is 0 Å². The van der Waals surface area contributed by atoms with Crippen molar-refractivity contribution in [2.24, 2.45) is 10.9 Å². The number of thiophene rings is 1. The van der Waals surface area contributed by atoms with E-state index in [0.29, 0.717) is 32.2 Å². The highest BCUT2D eigenvalue weighted by Crippen LogP contribution is 2.22. The predicted octanol–water partition coefficient (Wildman–Crippen LogP) is 2.96. The third-order valence-corrected chi connectivity index (χ3v) is 5.94. The summed E-state index contributed by atoms with van der Waals surface area (Å²) in [6, 6.07) is 9.98. The fourth-order valence-corrected chi connectivity index (χ4v) is 3.90. The third-order valence-electron chi connectivity index (χ3n) is 5.07. The third kappa shape index (κ3) is 7.56. The lowest BCUT2D eigenvalue weighted by Gasteiger charge is -2.17. The first kappa shape index (κ1) is 23.1. The Kier molecular flexibility index (Phi) is 9.17. The summed E-state index contributed by atoms with van der Waals surface area (Å²) < 4.78 is 11.6. The highest BCUT2D eigenvalue weighted by Gasteiger charge is 2.17. The van der Waals surface area contributed by atoms with Gasteiger partial charge in [-0.3, -0.25) is 9.79 Å². The lowest BCUT2D eigenvalue weighted by molar-refractivity contribution is 0.0957. The van der Waals surface area contributed by atoms with Crippen molar-refractivity contribution < 1.29 is 14.3 Å². The van der Waals surface area contributed by atoms with E-state index in [1.807, 2.05) is 17.5 Å². The highest BCUT2D eigenvalue weighted by molar-refractivity contribution is 7.12. The van der Waals surface area contributed by atoms with Gasteiger partial charge in [0.25, 0.3) is 5.91 Å². The summed E-state index contributed by atoms with van der Waals surface area (Å²) in [5.41, 5.74) is 2.27. The van der Waals surface area contributed by atoms with Crippen LogP contribution in [0, 0.1) is 12.8 Å². The van der Waals surface area contributed by atoms with Crippen LogP contribution < -0.4 is 20.7 Å². The molecule has 8 heteroatoms. The van der Waals surface area contributed by atoms with Gasteiger partial charge in [-0.15, -0.1) is 11.3 Å². The number of hydrogen-bond acceptors (Lipinski definition) is 5. The maximum absolute atomic E-state index is 11.9. The number of rotatable bonds is 10. The number of guanidine groups is 1. The van der Waals surface area contributed by atoms with E-state index in [1.54, 1.807) is 7.05 Å². The highest BCUT2D eigenvalue weighted by atomic mass is 32.1. The molecule has 0 spiro atoms. The lowest BCUT2D eigenvalue weighted by Crippen LogP contribution is -2.38. The Hall–Kier alpha value is -2.58. The van der Waals surface area contributed by atoms with Crippen LogP contribution in [0.3, 0.4) is 0 Å². The Morgan fingerprint density at radius 3 is 2.87 bits per heavy atom. The Morgan fingerprint density at radius 2 is 2.13 bits per heavy atom. The number of nitrogens with one attached hydrogen (secondary N) is 3. The monoisotopic (exact) mass is 444 g/mol. The maximum atomic E-state index is 11.9. The molecule has 31 heavy (non-hydrogen) atoms. The van der Waals surface area contributed by atoms with Gasteiger partial charge in [-0.2, -0.15) is 0 Å². The fraction of sp³-hybridized carbons (Fsp3) is 0.478.